The highest BCUT2D eigenvalue weighted by Crippen LogP contribution is 2.41. The van der Waals surface area contributed by atoms with Crippen molar-refractivity contribution in [3.05, 3.63) is 132 Å². The summed E-state index contributed by atoms with van der Waals surface area (Å²) in [5, 5.41) is 40.2. The average molecular weight is 694 g/mol. The Balaban J connectivity index is 0.00000481. The molecule has 0 heterocycles. The van der Waals surface area contributed by atoms with Crippen LogP contribution in [0.4, 0.5) is 22.7 Å². The highest BCUT2D eigenvalue weighted by atomic mass is 16.5. The van der Waals surface area contributed by atoms with E-state index in [4.69, 9.17) is 4.74 Å². The van der Waals surface area contributed by atoms with Crippen molar-refractivity contribution in [1.29, 1.82) is 0 Å². The zero-order valence-corrected chi connectivity index (χ0v) is 28.5. The molecule has 0 aliphatic heterocycles. The van der Waals surface area contributed by atoms with Crippen molar-refractivity contribution in [1.82, 2.24) is 5.32 Å². The van der Waals surface area contributed by atoms with Crippen LogP contribution in [-0.4, -0.2) is 41.1 Å². The number of phenols is 1. The number of nitrogens with zero attached hydrogens (tertiary/aromatic N) is 3. The van der Waals surface area contributed by atoms with E-state index < -0.39 is 11.7 Å². The highest BCUT2D eigenvalue weighted by Gasteiger charge is 2.22. The lowest BCUT2D eigenvalue weighted by Gasteiger charge is -2.22. The molecule has 0 radical (unpaired) electrons. The fourth-order valence-electron chi connectivity index (χ4n) is 6.53. The summed E-state index contributed by atoms with van der Waals surface area (Å²) in [6, 6.07) is 33.9. The van der Waals surface area contributed by atoms with E-state index in [1.807, 2.05) is 54.6 Å². The maximum atomic E-state index is 13.9. The maximum absolute atomic E-state index is 13.9. The summed E-state index contributed by atoms with van der Waals surface area (Å²) in [6.07, 6.45) is 5.22. The smallest absolute Gasteiger partial charge is 0.259 e. The van der Waals surface area contributed by atoms with Gasteiger partial charge in [0.1, 0.15) is 17.1 Å². The summed E-state index contributed by atoms with van der Waals surface area (Å²) in [4.78, 5) is 31.6. The van der Waals surface area contributed by atoms with Gasteiger partial charge in [-0.25, -0.2) is 4.99 Å². The first-order chi connectivity index (χ1) is 25.4. The molecule has 10 heteroatoms. The summed E-state index contributed by atoms with van der Waals surface area (Å²) in [7, 11) is 1.48. The van der Waals surface area contributed by atoms with Crippen molar-refractivity contribution in [3.8, 4) is 11.5 Å². The Morgan fingerprint density at radius 3 is 2.31 bits per heavy atom. The Morgan fingerprint density at radius 2 is 1.50 bits per heavy atom. The van der Waals surface area contributed by atoms with Crippen LogP contribution in [0.15, 0.2) is 130 Å². The third kappa shape index (κ3) is 7.32. The number of carbonyl (C=O) groups excluding carboxylic acids is 2. The van der Waals surface area contributed by atoms with E-state index in [-0.39, 0.29) is 36.2 Å². The number of carbonyl (C=O) groups is 2. The minimum Gasteiger partial charge on any atom is -0.505 e. The number of amides is 2. The fraction of sp³-hybridized carbons (Fsp3) is 0.167. The molecule has 2 amide bonds. The molecule has 52 heavy (non-hydrogen) atoms. The van der Waals surface area contributed by atoms with E-state index in [9.17, 15) is 19.8 Å². The number of aliphatic hydroxyl groups is 1. The molecular weight excluding hydrogens is 654 g/mol. The predicted molar refractivity (Wildman–Crippen MR) is 206 cm³/mol. The molecule has 1 fully saturated rings. The number of methoxy groups -OCH3 is 1. The Kier molecular flexibility index (Phi) is 9.88. The molecule has 0 unspecified atom stereocenters. The first-order valence-corrected chi connectivity index (χ1v) is 17.2. The van der Waals surface area contributed by atoms with Crippen LogP contribution in [0, 0.1) is 0 Å². The topological polar surface area (TPSA) is 145 Å². The lowest BCUT2D eigenvalue weighted by atomic mass is 9.95. The van der Waals surface area contributed by atoms with Gasteiger partial charge in [0, 0.05) is 35.1 Å². The van der Waals surface area contributed by atoms with Gasteiger partial charge in [-0.1, -0.05) is 79.9 Å². The zero-order chi connectivity index (χ0) is 36.0. The molecule has 1 saturated carbocycles. The molecule has 0 aromatic heterocycles. The molecule has 4 N–H and O–H groups in total. The van der Waals surface area contributed by atoms with Gasteiger partial charge in [-0.05, 0) is 78.2 Å². The number of rotatable bonds is 9. The number of para-hydroxylation sites is 1. The molecule has 6 aromatic rings. The van der Waals surface area contributed by atoms with Gasteiger partial charge in [0.25, 0.3) is 11.8 Å². The summed E-state index contributed by atoms with van der Waals surface area (Å²) in [5.41, 5.74) is 2.16. The maximum Gasteiger partial charge on any atom is 0.259 e. The Labute approximate surface area is 302 Å². The molecule has 0 bridgehead atoms. The number of azo groups is 1. The van der Waals surface area contributed by atoms with Gasteiger partial charge < -0.3 is 25.6 Å². The summed E-state index contributed by atoms with van der Waals surface area (Å²) in [5.74, 6) is -1.03. The molecule has 1 aliphatic carbocycles. The molecule has 7 rings (SSSR count). The van der Waals surface area contributed by atoms with Crippen molar-refractivity contribution in [2.24, 2.45) is 15.2 Å². The largest absolute Gasteiger partial charge is 0.505 e. The van der Waals surface area contributed by atoms with Gasteiger partial charge in [-0.15, -0.1) is 10.2 Å². The van der Waals surface area contributed by atoms with E-state index in [2.05, 4.69) is 25.9 Å². The van der Waals surface area contributed by atoms with Crippen LogP contribution in [0.3, 0.4) is 0 Å². The van der Waals surface area contributed by atoms with Crippen molar-refractivity contribution in [2.45, 2.75) is 38.1 Å². The molecule has 1 aliphatic rings. The second-order valence-corrected chi connectivity index (χ2v) is 12.7. The number of nitrogens with one attached hydrogen (secondary N) is 2. The van der Waals surface area contributed by atoms with Crippen LogP contribution in [0.2, 0.25) is 0 Å². The van der Waals surface area contributed by atoms with Crippen LogP contribution in [0.5, 0.6) is 11.5 Å². The quantitative estimate of drug-likeness (QED) is 0.0676. The first kappa shape index (κ1) is 33.9. The SMILES string of the molecule is COc1ccc(C(O)=Nc2ccccc2)cc1N=Nc1c(O)c(C(=O)Nc2cccc3ccccc23)cc2cc(C(=O)NC3CCCCC3)ccc12.[HH]. The molecule has 10 nitrogen and oxygen atoms in total. The lowest BCUT2D eigenvalue weighted by molar-refractivity contribution is 0.0927. The van der Waals surface area contributed by atoms with Crippen LogP contribution in [-0.2, 0) is 0 Å². The van der Waals surface area contributed by atoms with E-state index in [1.165, 1.54) is 13.5 Å². The number of aliphatic imine (C=N–C) groups is 1. The van der Waals surface area contributed by atoms with Gasteiger partial charge in [0.05, 0.1) is 18.4 Å². The van der Waals surface area contributed by atoms with Crippen molar-refractivity contribution < 1.29 is 26.0 Å². The number of ether oxygens (including phenoxy) is 1. The molecule has 0 atom stereocenters. The lowest BCUT2D eigenvalue weighted by Crippen LogP contribution is -2.36. The summed E-state index contributed by atoms with van der Waals surface area (Å²) >= 11 is 0. The van der Waals surface area contributed by atoms with Crippen LogP contribution in [0.25, 0.3) is 21.5 Å². The average Bonchev–Trinajstić information content (AvgIpc) is 3.18. The molecule has 6 aromatic carbocycles. The number of aliphatic hydroxyl groups excluding tert-OH is 1. The molecule has 0 saturated heterocycles. The summed E-state index contributed by atoms with van der Waals surface area (Å²) < 4.78 is 5.53. The number of hydrogen-bond donors (Lipinski definition) is 4. The van der Waals surface area contributed by atoms with Crippen molar-refractivity contribution in [2.75, 3.05) is 12.4 Å². The van der Waals surface area contributed by atoms with Crippen molar-refractivity contribution >= 4 is 62.0 Å². The number of aromatic hydroxyl groups is 1. The van der Waals surface area contributed by atoms with E-state index in [0.717, 1.165) is 36.5 Å². The number of anilines is 1. The number of hydrogen-bond acceptors (Lipinski definition) is 7. The third-order valence-electron chi connectivity index (χ3n) is 9.26. The first-order valence-electron chi connectivity index (χ1n) is 17.2. The Bertz CT molecular complexity index is 2350. The van der Waals surface area contributed by atoms with Crippen LogP contribution < -0.4 is 15.4 Å². The Hall–Kier alpha value is -6.55. The second kappa shape index (κ2) is 15.1. The van der Waals surface area contributed by atoms with E-state index in [1.54, 1.807) is 60.7 Å². The monoisotopic (exact) mass is 693 g/mol. The van der Waals surface area contributed by atoms with E-state index in [0.29, 0.717) is 39.0 Å². The van der Waals surface area contributed by atoms with Gasteiger partial charge >= 0.3 is 0 Å². The fourth-order valence-corrected chi connectivity index (χ4v) is 6.53. The van der Waals surface area contributed by atoms with Gasteiger partial charge in [-0.3, -0.25) is 9.59 Å². The number of benzene rings is 6. The minimum absolute atomic E-state index is 0. The standard InChI is InChI=1S/C42H37N5O5.H2/c1-52-37-22-20-28(41(50)44-31-15-6-3-7-16-31)25-36(37)46-47-38-33-21-19-27(40(49)43-30-13-4-2-5-14-30)23-29(33)24-34(39(38)48)42(51)45-35-18-10-12-26-11-8-9-17-32(26)35;/h3,6-12,15-25,30,48H,2,4-5,13-14H2,1H3,(H,43,49)(H,44,50)(H,45,51);1H. The highest BCUT2D eigenvalue weighted by molar-refractivity contribution is 6.14. The van der Waals surface area contributed by atoms with E-state index >= 15 is 0 Å². The predicted octanol–water partition coefficient (Wildman–Crippen LogP) is 10.3. The van der Waals surface area contributed by atoms with Crippen LogP contribution >= 0.6 is 0 Å². The summed E-state index contributed by atoms with van der Waals surface area (Å²) in [6.45, 7) is 0. The molecule has 0 spiro atoms. The van der Waals surface area contributed by atoms with Crippen LogP contribution in [0.1, 0.15) is 59.8 Å². The number of fused-ring (bicyclic) bond motifs is 2. The Morgan fingerprint density at radius 1 is 0.750 bits per heavy atom. The number of phenolic OH excluding ortho intramolecular Hbond substituents is 1. The second-order valence-electron chi connectivity index (χ2n) is 12.7. The normalized spacial score (nSPS) is 13.8. The van der Waals surface area contributed by atoms with Gasteiger partial charge in [0.2, 0.25) is 5.90 Å². The van der Waals surface area contributed by atoms with Gasteiger partial charge in [-0.2, -0.15) is 0 Å². The third-order valence-corrected chi connectivity index (χ3v) is 9.26. The van der Waals surface area contributed by atoms with Crippen molar-refractivity contribution in [3.63, 3.8) is 0 Å². The zero-order valence-electron chi connectivity index (χ0n) is 28.5. The van der Waals surface area contributed by atoms with Gasteiger partial charge in [0.15, 0.2) is 5.75 Å². The molecular formula is C42H39N5O5. The minimum atomic E-state index is -0.564. The molecule has 262 valence electrons.